The Morgan fingerprint density at radius 1 is 0.880 bits per heavy atom. The molecule has 5 aromatic rings. The molecule has 7 heteroatoms. The van der Waals surface area contributed by atoms with E-state index in [0.717, 1.165) is 33.4 Å². The maximum Gasteiger partial charge on any atom is 0.258 e. The van der Waals surface area contributed by atoms with Crippen molar-refractivity contribution in [2.45, 2.75) is 0 Å². The number of imidazole rings is 1. The van der Waals surface area contributed by atoms with E-state index in [2.05, 4.69) is 30.3 Å². The molecule has 3 aromatic heterocycles. The Balaban J connectivity index is 1.47. The van der Waals surface area contributed by atoms with Gasteiger partial charge in [0.2, 0.25) is 5.82 Å². The number of fused-ring (bicyclic) bond motifs is 1. The molecule has 2 N–H and O–H groups in total. The molecule has 0 aliphatic rings. The van der Waals surface area contributed by atoms with Gasteiger partial charge < -0.3 is 9.51 Å². The summed E-state index contributed by atoms with van der Waals surface area (Å²) in [6.07, 6.45) is 3.39. The Kier molecular flexibility index (Phi) is 2.96. The van der Waals surface area contributed by atoms with Gasteiger partial charge in [-0.15, -0.1) is 0 Å². The van der Waals surface area contributed by atoms with Gasteiger partial charge in [-0.3, -0.25) is 5.10 Å². The average Bonchev–Trinajstić information content (AvgIpc) is 3.42. The molecular formula is C18H12N6O. The van der Waals surface area contributed by atoms with E-state index in [9.17, 15) is 0 Å². The van der Waals surface area contributed by atoms with Crippen LogP contribution in [0.2, 0.25) is 0 Å². The van der Waals surface area contributed by atoms with Gasteiger partial charge in [0.1, 0.15) is 0 Å². The lowest BCUT2D eigenvalue weighted by Crippen LogP contribution is -1.83. The molecule has 2 aromatic carbocycles. The number of benzene rings is 2. The summed E-state index contributed by atoms with van der Waals surface area (Å²) in [4.78, 5) is 11.8. The highest BCUT2D eigenvalue weighted by molar-refractivity contribution is 5.80. The third-order valence-corrected chi connectivity index (χ3v) is 4.05. The normalized spacial score (nSPS) is 11.2. The quantitative estimate of drug-likeness (QED) is 0.527. The lowest BCUT2D eigenvalue weighted by molar-refractivity contribution is 0.432. The zero-order valence-electron chi connectivity index (χ0n) is 13.0. The second-order valence-corrected chi connectivity index (χ2v) is 5.61. The summed E-state index contributed by atoms with van der Waals surface area (Å²) in [7, 11) is 0. The standard InChI is InChI=1S/C18H12N6O/c1-3-12(4-2-11(1)14-7-8-21-23-14)18-22-17(24-25-18)13-5-6-15-16(9-13)20-10-19-15/h1-10H,(H,19,20)(H,21,23). The number of hydrogen-bond acceptors (Lipinski definition) is 5. The van der Waals surface area contributed by atoms with E-state index < -0.39 is 0 Å². The monoisotopic (exact) mass is 328 g/mol. The van der Waals surface area contributed by atoms with Gasteiger partial charge in [-0.1, -0.05) is 17.3 Å². The number of nitrogens with zero attached hydrogens (tertiary/aromatic N) is 4. The molecule has 5 rings (SSSR count). The largest absolute Gasteiger partial charge is 0.345 e. The van der Waals surface area contributed by atoms with Crippen molar-refractivity contribution < 1.29 is 4.52 Å². The maximum atomic E-state index is 5.42. The summed E-state index contributed by atoms with van der Waals surface area (Å²) < 4.78 is 5.42. The zero-order valence-corrected chi connectivity index (χ0v) is 13.0. The van der Waals surface area contributed by atoms with Crippen molar-refractivity contribution in [3.05, 3.63) is 61.1 Å². The number of rotatable bonds is 3. The van der Waals surface area contributed by atoms with Gasteiger partial charge in [-0.05, 0) is 42.0 Å². The summed E-state index contributed by atoms with van der Waals surface area (Å²) in [5.41, 5.74) is 5.59. The Morgan fingerprint density at radius 2 is 1.72 bits per heavy atom. The first-order valence-electron chi connectivity index (χ1n) is 7.74. The first-order chi connectivity index (χ1) is 12.4. The lowest BCUT2D eigenvalue weighted by Gasteiger charge is -1.98. The highest BCUT2D eigenvalue weighted by atomic mass is 16.5. The van der Waals surface area contributed by atoms with Crippen LogP contribution in [0.3, 0.4) is 0 Å². The van der Waals surface area contributed by atoms with E-state index in [1.807, 2.05) is 48.5 Å². The van der Waals surface area contributed by atoms with Gasteiger partial charge in [0, 0.05) is 17.3 Å². The van der Waals surface area contributed by atoms with E-state index in [1.165, 1.54) is 0 Å². The predicted molar refractivity (Wildman–Crippen MR) is 92.4 cm³/mol. The molecule has 0 amide bonds. The molecule has 0 atom stereocenters. The van der Waals surface area contributed by atoms with Crippen LogP contribution in [0.4, 0.5) is 0 Å². The van der Waals surface area contributed by atoms with Crippen LogP contribution in [0.25, 0.3) is 45.1 Å². The van der Waals surface area contributed by atoms with E-state index in [4.69, 9.17) is 4.52 Å². The minimum atomic E-state index is 0.482. The summed E-state index contributed by atoms with van der Waals surface area (Å²) in [5, 5.41) is 11.0. The van der Waals surface area contributed by atoms with E-state index in [-0.39, 0.29) is 0 Å². The SMILES string of the molecule is c1cc(-c2ccc(-c3nc(-c4ccc5nc[nH]c5c4)no3)cc2)[nH]n1. The number of hydrogen-bond donors (Lipinski definition) is 2. The van der Waals surface area contributed by atoms with Crippen LogP contribution >= 0.6 is 0 Å². The van der Waals surface area contributed by atoms with Crippen LogP contribution in [-0.4, -0.2) is 30.3 Å². The van der Waals surface area contributed by atoms with Crippen LogP contribution in [0.15, 0.2) is 65.6 Å². The molecule has 25 heavy (non-hydrogen) atoms. The van der Waals surface area contributed by atoms with Crippen molar-refractivity contribution in [2.75, 3.05) is 0 Å². The van der Waals surface area contributed by atoms with Crippen molar-refractivity contribution in [3.8, 4) is 34.1 Å². The fourth-order valence-corrected chi connectivity index (χ4v) is 2.74. The van der Waals surface area contributed by atoms with Crippen molar-refractivity contribution in [1.82, 2.24) is 30.3 Å². The molecule has 0 fully saturated rings. The molecule has 0 unspecified atom stereocenters. The van der Waals surface area contributed by atoms with Gasteiger partial charge in [0.05, 0.1) is 23.1 Å². The van der Waals surface area contributed by atoms with Crippen molar-refractivity contribution in [2.24, 2.45) is 0 Å². The van der Waals surface area contributed by atoms with E-state index in [1.54, 1.807) is 12.5 Å². The van der Waals surface area contributed by atoms with Gasteiger partial charge >= 0.3 is 0 Å². The smallest absolute Gasteiger partial charge is 0.258 e. The Morgan fingerprint density at radius 3 is 2.56 bits per heavy atom. The first-order valence-corrected chi connectivity index (χ1v) is 7.74. The molecule has 0 bridgehead atoms. The molecule has 0 saturated carbocycles. The Bertz CT molecular complexity index is 1140. The highest BCUT2D eigenvalue weighted by Crippen LogP contribution is 2.26. The highest BCUT2D eigenvalue weighted by Gasteiger charge is 2.12. The van der Waals surface area contributed by atoms with Crippen molar-refractivity contribution in [1.29, 1.82) is 0 Å². The fourth-order valence-electron chi connectivity index (χ4n) is 2.74. The topological polar surface area (TPSA) is 96.3 Å². The molecule has 0 aliphatic heterocycles. The zero-order chi connectivity index (χ0) is 16.6. The fraction of sp³-hybridized carbons (Fsp3) is 0. The van der Waals surface area contributed by atoms with Crippen LogP contribution in [-0.2, 0) is 0 Å². The van der Waals surface area contributed by atoms with E-state index in [0.29, 0.717) is 11.7 Å². The van der Waals surface area contributed by atoms with Gasteiger partial charge in [0.15, 0.2) is 0 Å². The molecule has 0 spiro atoms. The number of aromatic amines is 2. The van der Waals surface area contributed by atoms with E-state index >= 15 is 0 Å². The molecule has 3 heterocycles. The molecule has 0 aliphatic carbocycles. The molecule has 120 valence electrons. The summed E-state index contributed by atoms with van der Waals surface area (Å²) in [6.45, 7) is 0. The molecule has 0 saturated heterocycles. The number of H-pyrrole nitrogens is 2. The summed E-state index contributed by atoms with van der Waals surface area (Å²) >= 11 is 0. The Labute approximate surface area is 141 Å². The van der Waals surface area contributed by atoms with Gasteiger partial charge in [-0.2, -0.15) is 10.1 Å². The van der Waals surface area contributed by atoms with Gasteiger partial charge in [0.25, 0.3) is 5.89 Å². The summed E-state index contributed by atoms with van der Waals surface area (Å²) in [6, 6.07) is 15.6. The van der Waals surface area contributed by atoms with Gasteiger partial charge in [-0.25, -0.2) is 4.98 Å². The predicted octanol–water partition coefficient (Wildman–Crippen LogP) is 3.67. The van der Waals surface area contributed by atoms with Crippen LogP contribution in [0.5, 0.6) is 0 Å². The summed E-state index contributed by atoms with van der Waals surface area (Å²) in [5.74, 6) is 1.03. The number of aromatic nitrogens is 6. The maximum absolute atomic E-state index is 5.42. The first kappa shape index (κ1) is 13.7. The van der Waals surface area contributed by atoms with Crippen LogP contribution < -0.4 is 0 Å². The number of nitrogens with one attached hydrogen (secondary N) is 2. The van der Waals surface area contributed by atoms with Crippen molar-refractivity contribution >= 4 is 11.0 Å². The molecule has 0 radical (unpaired) electrons. The van der Waals surface area contributed by atoms with Crippen molar-refractivity contribution in [3.63, 3.8) is 0 Å². The second kappa shape index (κ2) is 5.41. The minimum absolute atomic E-state index is 0.482. The lowest BCUT2D eigenvalue weighted by atomic mass is 10.1. The minimum Gasteiger partial charge on any atom is -0.345 e. The second-order valence-electron chi connectivity index (χ2n) is 5.61. The third kappa shape index (κ3) is 2.38. The third-order valence-electron chi connectivity index (χ3n) is 4.05. The molecular weight excluding hydrogens is 316 g/mol. The Hall–Kier alpha value is -3.74. The molecule has 7 nitrogen and oxygen atoms in total. The van der Waals surface area contributed by atoms with Crippen LogP contribution in [0.1, 0.15) is 0 Å². The van der Waals surface area contributed by atoms with Crippen LogP contribution in [0, 0.1) is 0 Å². The average molecular weight is 328 g/mol.